The molecule has 6 N–H and O–H groups in total. The number of allylic oxidation sites excluding steroid dienone is 1. The minimum Gasteiger partial charge on any atom is -0.463 e. The topological polar surface area (TPSA) is 188 Å². The van der Waals surface area contributed by atoms with E-state index in [9.17, 15) is 9.90 Å². The summed E-state index contributed by atoms with van der Waals surface area (Å²) in [5, 5.41) is 23.4. The number of amidine groups is 1. The summed E-state index contributed by atoms with van der Waals surface area (Å²) >= 11 is 0. The lowest BCUT2D eigenvalue weighted by Crippen LogP contribution is -2.67. The quantitative estimate of drug-likeness (QED) is 0.151. The highest BCUT2D eigenvalue weighted by Crippen LogP contribution is 2.57. The average molecular weight is 522 g/mol. The first-order valence-corrected chi connectivity index (χ1v) is 13.1. The Bertz CT molecular complexity index is 1190. The standard InChI is InChI=1S/C26H35N9O3/c1-14(28)21(22(29)36)33-23(30-2)16-3-5-35(6-4-16)20-8-19(24(37)34-26-9-15(10-26)11-26)31-25(32-20)38-13-18-7-17(18)12-27/h8,15-18,24,34,37H,2-7,9-11,13,28H2,1H3,(H2,29,36)/b21-14+,33-23?/t15?,17-,18+,24?,26?/m0/s1. The van der Waals surface area contributed by atoms with Gasteiger partial charge in [0.25, 0.3) is 5.91 Å². The number of nitriles is 1. The molecule has 1 aliphatic heterocycles. The Morgan fingerprint density at radius 1 is 1.37 bits per heavy atom. The van der Waals surface area contributed by atoms with Crippen LogP contribution in [0.1, 0.15) is 57.4 Å². The summed E-state index contributed by atoms with van der Waals surface area (Å²) in [5.74, 6) is 1.36. The number of primary amides is 1. The minimum absolute atomic E-state index is 0.00318. The van der Waals surface area contributed by atoms with Gasteiger partial charge in [0.05, 0.1) is 24.3 Å². The number of nitrogens with two attached hydrogens (primary N) is 2. The van der Waals surface area contributed by atoms with Crippen molar-refractivity contribution in [2.45, 2.75) is 57.2 Å². The van der Waals surface area contributed by atoms with Gasteiger partial charge in [-0.15, -0.1) is 0 Å². The molecule has 3 atom stereocenters. The molecule has 2 heterocycles. The van der Waals surface area contributed by atoms with Crippen LogP contribution in [0.3, 0.4) is 0 Å². The van der Waals surface area contributed by atoms with Crippen LogP contribution in [0.4, 0.5) is 5.82 Å². The molecule has 0 aromatic carbocycles. The molecule has 5 fully saturated rings. The van der Waals surface area contributed by atoms with E-state index in [0.29, 0.717) is 49.9 Å². The maximum atomic E-state index is 11.7. The number of hydrogen-bond donors (Lipinski definition) is 4. The predicted octanol–water partition coefficient (Wildman–Crippen LogP) is 1.14. The molecule has 38 heavy (non-hydrogen) atoms. The molecule has 6 rings (SSSR count). The zero-order valence-electron chi connectivity index (χ0n) is 21.6. The number of rotatable bonds is 10. The third kappa shape index (κ3) is 5.35. The molecule has 4 saturated carbocycles. The molecule has 0 radical (unpaired) electrons. The monoisotopic (exact) mass is 521 g/mol. The van der Waals surface area contributed by atoms with Crippen LogP contribution in [-0.4, -0.2) is 58.8 Å². The van der Waals surface area contributed by atoms with E-state index in [1.807, 2.05) is 0 Å². The fourth-order valence-electron chi connectivity index (χ4n) is 5.66. The van der Waals surface area contributed by atoms with Gasteiger partial charge in [0, 0.05) is 42.2 Å². The van der Waals surface area contributed by atoms with Crippen LogP contribution in [-0.2, 0) is 4.79 Å². The van der Waals surface area contributed by atoms with Crippen LogP contribution in [0, 0.1) is 35.0 Å². The molecule has 2 bridgehead atoms. The van der Waals surface area contributed by atoms with E-state index in [1.165, 1.54) is 0 Å². The summed E-state index contributed by atoms with van der Waals surface area (Å²) in [6.45, 7) is 6.84. The molecule has 12 heteroatoms. The predicted molar refractivity (Wildman–Crippen MR) is 141 cm³/mol. The third-order valence-corrected chi connectivity index (χ3v) is 8.17. The first-order valence-electron chi connectivity index (χ1n) is 13.1. The second-order valence-corrected chi connectivity index (χ2v) is 11.1. The lowest BCUT2D eigenvalue weighted by Gasteiger charge is -2.62. The second kappa shape index (κ2) is 10.3. The molecule has 1 saturated heterocycles. The highest BCUT2D eigenvalue weighted by atomic mass is 16.5. The molecule has 202 valence electrons. The number of aliphatic imine (C=N–C) groups is 2. The van der Waals surface area contributed by atoms with E-state index >= 15 is 0 Å². The first kappa shape index (κ1) is 26.1. The fourth-order valence-corrected chi connectivity index (χ4v) is 5.66. The Hall–Kier alpha value is -3.56. The number of carbonyl (C=O) groups is 1. The van der Waals surface area contributed by atoms with E-state index in [1.54, 1.807) is 13.0 Å². The van der Waals surface area contributed by atoms with Gasteiger partial charge in [-0.2, -0.15) is 15.2 Å². The molecular weight excluding hydrogens is 486 g/mol. The number of nitrogens with one attached hydrogen (secondary N) is 1. The van der Waals surface area contributed by atoms with Crippen molar-refractivity contribution in [1.29, 1.82) is 5.26 Å². The minimum atomic E-state index is -0.923. The summed E-state index contributed by atoms with van der Waals surface area (Å²) in [7, 11) is 0. The number of aliphatic hydroxyl groups is 1. The van der Waals surface area contributed by atoms with E-state index in [2.05, 4.69) is 43.0 Å². The number of amides is 1. The number of nitrogens with zero attached hydrogens (tertiary/aromatic N) is 6. The lowest BCUT2D eigenvalue weighted by atomic mass is 9.50. The largest absolute Gasteiger partial charge is 0.463 e. The molecule has 1 aromatic rings. The zero-order valence-corrected chi connectivity index (χ0v) is 21.6. The molecule has 1 amide bonds. The van der Waals surface area contributed by atoms with Gasteiger partial charge in [0.1, 0.15) is 23.6 Å². The van der Waals surface area contributed by atoms with Crippen molar-refractivity contribution in [3.63, 3.8) is 0 Å². The van der Waals surface area contributed by atoms with Gasteiger partial charge in [0.15, 0.2) is 0 Å². The maximum Gasteiger partial charge on any atom is 0.318 e. The van der Waals surface area contributed by atoms with E-state index in [4.69, 9.17) is 21.5 Å². The molecule has 1 unspecified atom stereocenters. The normalized spacial score (nSPS) is 29.8. The van der Waals surface area contributed by atoms with E-state index < -0.39 is 12.1 Å². The van der Waals surface area contributed by atoms with Crippen molar-refractivity contribution in [1.82, 2.24) is 15.3 Å². The number of hydrogen-bond acceptors (Lipinski definition) is 10. The SMILES string of the molecule is C=NC(=N/C(C(N)=O)=C(\C)N)C1CCN(c2cc(C(O)NC34CC(C3)C4)nc(OC[C@H]3C[C@H]3C#N)n2)CC1. The van der Waals surface area contributed by atoms with Crippen molar-refractivity contribution in [2.75, 3.05) is 24.6 Å². The summed E-state index contributed by atoms with van der Waals surface area (Å²) in [6.07, 6.45) is 4.56. The average Bonchev–Trinajstić information content (AvgIpc) is 3.63. The summed E-state index contributed by atoms with van der Waals surface area (Å²) in [6, 6.07) is 4.27. The highest BCUT2D eigenvalue weighted by molar-refractivity contribution is 5.98. The molecule has 5 aliphatic rings. The number of aliphatic hydroxyl groups excluding tert-OH is 1. The van der Waals surface area contributed by atoms with Crippen molar-refractivity contribution >= 4 is 24.3 Å². The van der Waals surface area contributed by atoms with Crippen LogP contribution >= 0.6 is 0 Å². The Balaban J connectivity index is 1.30. The molecule has 1 aromatic heterocycles. The number of piperidine rings is 1. The van der Waals surface area contributed by atoms with Gasteiger partial charge in [-0.3, -0.25) is 10.1 Å². The number of ether oxygens (including phenoxy) is 1. The van der Waals surface area contributed by atoms with Crippen molar-refractivity contribution in [3.05, 3.63) is 23.2 Å². The lowest BCUT2D eigenvalue weighted by molar-refractivity contribution is -0.114. The Morgan fingerprint density at radius 2 is 2.08 bits per heavy atom. The van der Waals surface area contributed by atoms with Gasteiger partial charge < -0.3 is 26.2 Å². The summed E-state index contributed by atoms with van der Waals surface area (Å²) < 4.78 is 5.89. The van der Waals surface area contributed by atoms with Gasteiger partial charge in [-0.25, -0.2) is 9.98 Å². The number of anilines is 1. The van der Waals surface area contributed by atoms with Crippen molar-refractivity contribution in [2.24, 2.45) is 45.1 Å². The van der Waals surface area contributed by atoms with Crippen LogP contribution < -0.4 is 26.4 Å². The van der Waals surface area contributed by atoms with Crippen LogP contribution in [0.15, 0.2) is 27.4 Å². The number of aromatic nitrogens is 2. The van der Waals surface area contributed by atoms with Crippen LogP contribution in [0.5, 0.6) is 6.01 Å². The summed E-state index contributed by atoms with van der Waals surface area (Å²) in [4.78, 5) is 31.3. The van der Waals surface area contributed by atoms with Gasteiger partial charge >= 0.3 is 6.01 Å². The van der Waals surface area contributed by atoms with Gasteiger partial charge in [-0.05, 0) is 58.1 Å². The van der Waals surface area contributed by atoms with Gasteiger partial charge in [0.2, 0.25) is 0 Å². The van der Waals surface area contributed by atoms with Crippen molar-refractivity contribution < 1.29 is 14.6 Å². The molecule has 4 aliphatic carbocycles. The second-order valence-electron chi connectivity index (χ2n) is 11.1. The fraction of sp³-hybridized carbons (Fsp3) is 0.615. The Labute approximate surface area is 221 Å². The smallest absolute Gasteiger partial charge is 0.318 e. The Morgan fingerprint density at radius 3 is 2.61 bits per heavy atom. The Kier molecular flexibility index (Phi) is 7.07. The molecular formula is C26H35N9O3. The highest BCUT2D eigenvalue weighted by Gasteiger charge is 2.57. The summed E-state index contributed by atoms with van der Waals surface area (Å²) in [5.41, 5.74) is 11.9. The van der Waals surface area contributed by atoms with Crippen LogP contribution in [0.2, 0.25) is 0 Å². The van der Waals surface area contributed by atoms with Crippen molar-refractivity contribution in [3.8, 4) is 12.1 Å². The maximum absolute atomic E-state index is 11.7. The van der Waals surface area contributed by atoms with E-state index in [-0.39, 0.29) is 40.7 Å². The first-order chi connectivity index (χ1) is 18.2. The van der Waals surface area contributed by atoms with Crippen LogP contribution in [0.25, 0.3) is 0 Å². The zero-order chi connectivity index (χ0) is 27.0. The number of carbonyl (C=O) groups excluding carboxylic acids is 1. The third-order valence-electron chi connectivity index (χ3n) is 8.17. The molecule has 12 nitrogen and oxygen atoms in total. The van der Waals surface area contributed by atoms with E-state index in [0.717, 1.165) is 31.6 Å². The molecule has 0 spiro atoms. The van der Waals surface area contributed by atoms with Gasteiger partial charge in [-0.1, -0.05) is 0 Å².